The van der Waals surface area contributed by atoms with Gasteiger partial charge in [0.2, 0.25) is 0 Å². The van der Waals surface area contributed by atoms with Gasteiger partial charge in [0.1, 0.15) is 11.6 Å². The third-order valence-corrected chi connectivity index (χ3v) is 7.77. The quantitative estimate of drug-likeness (QED) is 0.298. The van der Waals surface area contributed by atoms with Crippen LogP contribution in [0.1, 0.15) is 108 Å². The fourth-order valence-corrected chi connectivity index (χ4v) is 4.99. The molecule has 0 aliphatic heterocycles. The van der Waals surface area contributed by atoms with Crippen molar-refractivity contribution in [1.29, 1.82) is 0 Å². The summed E-state index contributed by atoms with van der Waals surface area (Å²) in [5, 5.41) is 0. The van der Waals surface area contributed by atoms with Crippen molar-refractivity contribution in [1.82, 2.24) is 0 Å². The molecule has 3 rings (SSSR count). The number of benzene rings is 1. The highest BCUT2D eigenvalue weighted by molar-refractivity contribution is 5.85. The van der Waals surface area contributed by atoms with E-state index >= 15 is 0 Å². The first-order valence-corrected chi connectivity index (χ1v) is 12.1. The van der Waals surface area contributed by atoms with Gasteiger partial charge in [0.25, 0.3) is 0 Å². The minimum atomic E-state index is 0.0848. The van der Waals surface area contributed by atoms with Crippen LogP contribution in [0.15, 0.2) is 24.3 Å². The van der Waals surface area contributed by atoms with Crippen LogP contribution in [0, 0.1) is 10.8 Å². The molecule has 2 aliphatic rings. The van der Waals surface area contributed by atoms with Gasteiger partial charge < -0.3 is 0 Å². The first kappa shape index (κ1) is 22.2. The Balaban J connectivity index is 1.29. The molecular weight excluding hydrogens is 356 g/mol. The zero-order chi connectivity index (χ0) is 20.7. The number of carbonyl (C=O) groups is 2. The van der Waals surface area contributed by atoms with Crippen LogP contribution in [-0.2, 0) is 22.4 Å². The molecule has 0 radical (unpaired) electrons. The number of Topliss-reactive ketones (excluding diaryl/α,β-unsaturated/α-hetero) is 2. The summed E-state index contributed by atoms with van der Waals surface area (Å²) in [4.78, 5) is 23.4. The predicted molar refractivity (Wildman–Crippen MR) is 120 cm³/mol. The Kier molecular flexibility index (Phi) is 7.71. The Morgan fingerprint density at radius 3 is 1.41 bits per heavy atom. The lowest BCUT2D eigenvalue weighted by atomic mass is 9.92. The molecule has 1 aromatic carbocycles. The molecular formula is C27H40O2. The van der Waals surface area contributed by atoms with Crippen LogP contribution in [0.5, 0.6) is 0 Å². The monoisotopic (exact) mass is 396 g/mol. The summed E-state index contributed by atoms with van der Waals surface area (Å²) in [7, 11) is 0. The van der Waals surface area contributed by atoms with Gasteiger partial charge in [0, 0.05) is 10.8 Å². The molecule has 2 saturated carbocycles. The van der Waals surface area contributed by atoms with E-state index in [1.165, 1.54) is 68.9 Å². The molecule has 0 unspecified atom stereocenters. The zero-order valence-electron chi connectivity index (χ0n) is 18.7. The van der Waals surface area contributed by atoms with E-state index in [9.17, 15) is 9.59 Å². The van der Waals surface area contributed by atoms with Crippen molar-refractivity contribution in [2.45, 2.75) is 110 Å². The van der Waals surface area contributed by atoms with Crippen molar-refractivity contribution in [3.05, 3.63) is 35.4 Å². The maximum Gasteiger partial charge on any atom is 0.135 e. The smallest absolute Gasteiger partial charge is 0.135 e. The van der Waals surface area contributed by atoms with Gasteiger partial charge in [-0.05, 0) is 89.2 Å². The van der Waals surface area contributed by atoms with Crippen LogP contribution in [0.2, 0.25) is 0 Å². The molecule has 0 N–H and O–H groups in total. The lowest BCUT2D eigenvalue weighted by Crippen LogP contribution is -2.11. The van der Waals surface area contributed by atoms with Crippen molar-refractivity contribution in [2.75, 3.05) is 0 Å². The van der Waals surface area contributed by atoms with E-state index < -0.39 is 0 Å². The Morgan fingerprint density at radius 1 is 0.655 bits per heavy atom. The maximum atomic E-state index is 11.7. The van der Waals surface area contributed by atoms with Gasteiger partial charge in [-0.2, -0.15) is 0 Å². The number of rotatable bonds is 15. The highest BCUT2D eigenvalue weighted by Gasteiger charge is 2.46. The number of carbonyl (C=O) groups excluding carboxylic acids is 2. The Morgan fingerprint density at radius 2 is 1.03 bits per heavy atom. The fraction of sp³-hybridized carbons (Fsp3) is 0.704. The minimum absolute atomic E-state index is 0.0848. The van der Waals surface area contributed by atoms with Crippen molar-refractivity contribution in [2.24, 2.45) is 10.8 Å². The third kappa shape index (κ3) is 6.27. The third-order valence-electron chi connectivity index (χ3n) is 7.77. The highest BCUT2D eigenvalue weighted by Crippen LogP contribution is 2.51. The summed E-state index contributed by atoms with van der Waals surface area (Å²) >= 11 is 0. The van der Waals surface area contributed by atoms with Crippen molar-refractivity contribution in [3.8, 4) is 0 Å². The van der Waals surface area contributed by atoms with Gasteiger partial charge in [0.15, 0.2) is 0 Å². The normalized spacial score (nSPS) is 18.4. The van der Waals surface area contributed by atoms with Crippen LogP contribution in [-0.4, -0.2) is 11.6 Å². The molecule has 2 nitrogen and oxygen atoms in total. The fourth-order valence-electron chi connectivity index (χ4n) is 4.99. The second-order valence-corrected chi connectivity index (χ2v) is 9.92. The molecule has 160 valence electrons. The van der Waals surface area contributed by atoms with Gasteiger partial charge in [-0.25, -0.2) is 0 Å². The predicted octanol–water partition coefficient (Wildman–Crippen LogP) is 7.02. The molecule has 2 heteroatoms. The summed E-state index contributed by atoms with van der Waals surface area (Å²) in [6, 6.07) is 8.95. The van der Waals surface area contributed by atoms with Crippen molar-refractivity contribution < 1.29 is 9.59 Å². The van der Waals surface area contributed by atoms with Crippen LogP contribution in [0.3, 0.4) is 0 Å². The second kappa shape index (κ2) is 10.0. The molecule has 29 heavy (non-hydrogen) atoms. The number of aryl methyl sites for hydroxylation is 2. The average molecular weight is 397 g/mol. The molecule has 0 heterocycles. The topological polar surface area (TPSA) is 34.1 Å². The van der Waals surface area contributed by atoms with E-state index in [2.05, 4.69) is 24.3 Å². The average Bonchev–Trinajstić information content (AvgIpc) is 3.60. The zero-order valence-corrected chi connectivity index (χ0v) is 18.7. The highest BCUT2D eigenvalue weighted by atomic mass is 16.1. The molecule has 0 aromatic heterocycles. The first-order valence-electron chi connectivity index (χ1n) is 12.1. The first-order chi connectivity index (χ1) is 14.0. The van der Waals surface area contributed by atoms with Gasteiger partial charge in [-0.1, -0.05) is 56.4 Å². The van der Waals surface area contributed by atoms with Gasteiger partial charge in [-0.15, -0.1) is 0 Å². The van der Waals surface area contributed by atoms with E-state index in [1.807, 2.05) is 0 Å². The number of unbranched alkanes of at least 4 members (excludes halogenated alkanes) is 5. The van der Waals surface area contributed by atoms with Gasteiger partial charge in [0.05, 0.1) is 0 Å². The number of hydrogen-bond acceptors (Lipinski definition) is 2. The number of hydrogen-bond donors (Lipinski definition) is 0. The summed E-state index contributed by atoms with van der Waals surface area (Å²) in [5.74, 6) is 0.830. The second-order valence-electron chi connectivity index (χ2n) is 9.92. The molecule has 0 bridgehead atoms. The lowest BCUT2D eigenvalue weighted by molar-refractivity contribution is -0.123. The Labute approximate surface area is 177 Å². The molecule has 0 spiro atoms. The summed E-state index contributed by atoms with van der Waals surface area (Å²) in [5.41, 5.74) is 3.23. The molecule has 2 fully saturated rings. The summed E-state index contributed by atoms with van der Waals surface area (Å²) < 4.78 is 0. The van der Waals surface area contributed by atoms with Crippen LogP contribution < -0.4 is 0 Å². The molecule has 0 saturated heterocycles. The van der Waals surface area contributed by atoms with Gasteiger partial charge in [-0.3, -0.25) is 9.59 Å². The van der Waals surface area contributed by atoms with Crippen molar-refractivity contribution >= 4 is 11.6 Å². The largest absolute Gasteiger partial charge is 0.299 e. The number of ketones is 2. The maximum absolute atomic E-state index is 11.7. The molecule has 0 atom stereocenters. The standard InChI is InChI=1S/C27H40O2/c1-22(28)26(18-19-26)16-10-4-3-6-12-24-14-8-9-15-25(24)13-7-5-11-17-27(20-21-27)23(2)29/h8-9,14-15H,3-7,10-13,16-21H2,1-2H3. The Bertz CT molecular complexity index is 694. The van der Waals surface area contributed by atoms with E-state index in [0.29, 0.717) is 11.6 Å². The van der Waals surface area contributed by atoms with Gasteiger partial charge >= 0.3 is 0 Å². The Hall–Kier alpha value is -1.44. The van der Waals surface area contributed by atoms with E-state index in [-0.39, 0.29) is 10.8 Å². The van der Waals surface area contributed by atoms with E-state index in [0.717, 1.165) is 38.5 Å². The SMILES string of the molecule is CC(=O)C1(CCCCCCc2ccccc2CCCCCC2(C(C)=O)CC2)CC1. The summed E-state index contributed by atoms with van der Waals surface area (Å²) in [6.45, 7) is 3.55. The molecule has 2 aliphatic carbocycles. The van der Waals surface area contributed by atoms with Crippen LogP contribution in [0.4, 0.5) is 0 Å². The van der Waals surface area contributed by atoms with Crippen LogP contribution in [0.25, 0.3) is 0 Å². The molecule has 1 aromatic rings. The van der Waals surface area contributed by atoms with E-state index in [1.54, 1.807) is 13.8 Å². The minimum Gasteiger partial charge on any atom is -0.299 e. The summed E-state index contributed by atoms with van der Waals surface area (Å²) in [6.07, 6.45) is 17.8. The van der Waals surface area contributed by atoms with E-state index in [4.69, 9.17) is 0 Å². The van der Waals surface area contributed by atoms with Crippen molar-refractivity contribution in [3.63, 3.8) is 0 Å². The lowest BCUT2D eigenvalue weighted by Gasteiger charge is -2.12. The molecule has 0 amide bonds. The van der Waals surface area contributed by atoms with Crippen LogP contribution >= 0.6 is 0 Å².